The van der Waals surface area contributed by atoms with E-state index in [4.69, 9.17) is 18.9 Å². The zero-order valence-electron chi connectivity index (χ0n) is 34.9. The lowest BCUT2D eigenvalue weighted by atomic mass is 10.0. The van der Waals surface area contributed by atoms with Gasteiger partial charge in [0.25, 0.3) is 0 Å². The molecule has 0 rings (SSSR count). The van der Waals surface area contributed by atoms with E-state index in [1.807, 2.05) is 21.1 Å². The van der Waals surface area contributed by atoms with Crippen LogP contribution in [0, 0.1) is 0 Å². The van der Waals surface area contributed by atoms with Crippen LogP contribution in [0.3, 0.4) is 0 Å². The first-order valence-electron chi connectivity index (χ1n) is 22.1. The molecule has 0 aromatic carbocycles. The van der Waals surface area contributed by atoms with Gasteiger partial charge in [-0.3, -0.25) is 9.59 Å². The van der Waals surface area contributed by atoms with Crippen LogP contribution in [0.25, 0.3) is 0 Å². The molecule has 0 heterocycles. The molecule has 0 aromatic rings. The van der Waals surface area contributed by atoms with Gasteiger partial charge in [0.1, 0.15) is 25.9 Å². The number of carbonyl (C=O) groups excluding carboxylic acids is 2. The van der Waals surface area contributed by atoms with Gasteiger partial charge in [-0.1, -0.05) is 181 Å². The fourth-order valence-corrected chi connectivity index (χ4v) is 6.27. The van der Waals surface area contributed by atoms with E-state index in [1.54, 1.807) is 0 Å². The molecule has 0 radical (unpaired) electrons. The van der Waals surface area contributed by atoms with Gasteiger partial charge in [0.05, 0.1) is 40.6 Å². The molecule has 0 aliphatic carbocycles. The summed E-state index contributed by atoms with van der Waals surface area (Å²) in [6, 6.07) is 0. The summed E-state index contributed by atoms with van der Waals surface area (Å²) in [6.45, 7) is 7.59. The average Bonchev–Trinajstić information content (AvgIpc) is 3.10. The first kappa shape index (κ1) is 49.8. The first-order valence-corrected chi connectivity index (χ1v) is 22.1. The predicted octanol–water partition coefficient (Wildman–Crippen LogP) is 11.9. The van der Waals surface area contributed by atoms with E-state index in [0.717, 1.165) is 23.9 Å². The third-order valence-electron chi connectivity index (χ3n) is 9.79. The van der Waals surface area contributed by atoms with E-state index < -0.39 is 5.97 Å². The van der Waals surface area contributed by atoms with E-state index in [2.05, 4.69) is 13.8 Å². The number of unbranched alkanes of at least 4 members (excludes halogenated alkanes) is 26. The molecular formula is C44H88NO6+. The van der Waals surface area contributed by atoms with Crippen molar-refractivity contribution in [2.24, 2.45) is 0 Å². The quantitative estimate of drug-likeness (QED) is 0.0355. The van der Waals surface area contributed by atoms with Crippen molar-refractivity contribution >= 4 is 11.9 Å². The summed E-state index contributed by atoms with van der Waals surface area (Å²) in [6.07, 6.45) is 37.1. The summed E-state index contributed by atoms with van der Waals surface area (Å²) in [7, 11) is 6.15. The smallest absolute Gasteiger partial charge is 0.306 e. The molecule has 1 atom stereocenters. The van der Waals surface area contributed by atoms with Crippen LogP contribution in [0.5, 0.6) is 0 Å². The van der Waals surface area contributed by atoms with E-state index in [-0.39, 0.29) is 31.5 Å². The number of hydrogen-bond donors (Lipinski definition) is 0. The molecule has 0 aliphatic rings. The van der Waals surface area contributed by atoms with Gasteiger partial charge in [0.2, 0.25) is 0 Å². The lowest BCUT2D eigenvalue weighted by molar-refractivity contribution is -0.870. The van der Waals surface area contributed by atoms with E-state index >= 15 is 0 Å². The molecule has 0 aromatic heterocycles. The molecule has 0 N–H and O–H groups in total. The number of likely N-dealkylation sites (N-methyl/N-ethyl adjacent to an activating group) is 1. The van der Waals surface area contributed by atoms with Gasteiger partial charge < -0.3 is 23.4 Å². The Kier molecular flexibility index (Phi) is 37.6. The Morgan fingerprint density at radius 1 is 0.431 bits per heavy atom. The van der Waals surface area contributed by atoms with Crippen molar-refractivity contribution in [2.75, 3.05) is 60.7 Å². The summed E-state index contributed by atoms with van der Waals surface area (Å²) in [5.41, 5.74) is 0. The number of quaternary nitrogens is 1. The Morgan fingerprint density at radius 2 is 0.784 bits per heavy atom. The monoisotopic (exact) mass is 727 g/mol. The number of hydrogen-bond acceptors (Lipinski definition) is 6. The van der Waals surface area contributed by atoms with E-state index in [9.17, 15) is 9.59 Å². The van der Waals surface area contributed by atoms with Crippen molar-refractivity contribution in [1.29, 1.82) is 0 Å². The molecule has 7 heteroatoms. The van der Waals surface area contributed by atoms with Crippen molar-refractivity contribution in [3.8, 4) is 0 Å². The minimum atomic E-state index is -0.393. The second kappa shape index (κ2) is 38.5. The van der Waals surface area contributed by atoms with Gasteiger partial charge in [0.15, 0.2) is 0 Å². The lowest BCUT2D eigenvalue weighted by Gasteiger charge is -2.23. The zero-order valence-corrected chi connectivity index (χ0v) is 34.9. The molecule has 0 spiro atoms. The van der Waals surface area contributed by atoms with E-state index in [0.29, 0.717) is 26.4 Å². The Labute approximate surface area is 317 Å². The number of ether oxygens (including phenoxy) is 4. The van der Waals surface area contributed by atoms with Crippen molar-refractivity contribution in [3.05, 3.63) is 0 Å². The molecule has 304 valence electrons. The number of rotatable bonds is 41. The third-order valence-corrected chi connectivity index (χ3v) is 9.79. The molecule has 0 fully saturated rings. The second-order valence-corrected chi connectivity index (χ2v) is 16.2. The van der Waals surface area contributed by atoms with Crippen molar-refractivity contribution in [3.63, 3.8) is 0 Å². The van der Waals surface area contributed by atoms with Crippen LogP contribution in [0.2, 0.25) is 0 Å². The highest BCUT2D eigenvalue weighted by Gasteiger charge is 2.16. The first-order chi connectivity index (χ1) is 24.8. The molecule has 0 saturated heterocycles. The average molecular weight is 727 g/mol. The Bertz CT molecular complexity index is 740. The maximum atomic E-state index is 12.4. The normalized spacial score (nSPS) is 12.3. The van der Waals surface area contributed by atoms with Crippen LogP contribution < -0.4 is 0 Å². The summed E-state index contributed by atoms with van der Waals surface area (Å²) in [4.78, 5) is 24.4. The van der Waals surface area contributed by atoms with Crippen LogP contribution in [-0.4, -0.2) is 83.2 Å². The van der Waals surface area contributed by atoms with Gasteiger partial charge in [-0.2, -0.15) is 0 Å². The summed E-state index contributed by atoms with van der Waals surface area (Å²) >= 11 is 0. The van der Waals surface area contributed by atoms with Gasteiger partial charge >= 0.3 is 11.9 Å². The highest BCUT2D eigenvalue weighted by molar-refractivity contribution is 5.77. The second-order valence-electron chi connectivity index (χ2n) is 16.2. The van der Waals surface area contributed by atoms with Gasteiger partial charge in [-0.15, -0.1) is 0 Å². The summed E-state index contributed by atoms with van der Waals surface area (Å²) in [5, 5.41) is 0. The Balaban J connectivity index is 4.14. The molecule has 0 aliphatic heterocycles. The van der Waals surface area contributed by atoms with Crippen LogP contribution in [0.4, 0.5) is 0 Å². The lowest BCUT2D eigenvalue weighted by Crippen LogP contribution is -2.38. The molecule has 0 amide bonds. The Morgan fingerprint density at radius 3 is 1.18 bits per heavy atom. The van der Waals surface area contributed by atoms with Gasteiger partial charge in [0, 0.05) is 13.2 Å². The SMILES string of the molecule is CCCCCCCCCCCCCCCCOCC(COC(=O)CCC(=O)OCC[N+](C)(C)C)OCCCCCCCCCCCCCCCC. The van der Waals surface area contributed by atoms with Crippen LogP contribution in [-0.2, 0) is 28.5 Å². The van der Waals surface area contributed by atoms with E-state index in [1.165, 1.54) is 167 Å². The topological polar surface area (TPSA) is 71.1 Å². The Hall–Kier alpha value is -1.18. The minimum absolute atomic E-state index is 0.0226. The maximum absolute atomic E-state index is 12.4. The molecule has 7 nitrogen and oxygen atoms in total. The largest absolute Gasteiger partial charge is 0.463 e. The fourth-order valence-electron chi connectivity index (χ4n) is 6.27. The molecule has 0 saturated carbocycles. The number of esters is 2. The third kappa shape index (κ3) is 41.4. The fraction of sp³-hybridized carbons (Fsp3) is 0.955. The van der Waals surface area contributed by atoms with Crippen LogP contribution in [0.1, 0.15) is 206 Å². The van der Waals surface area contributed by atoms with Crippen molar-refractivity contribution in [2.45, 2.75) is 213 Å². The van der Waals surface area contributed by atoms with Crippen molar-refractivity contribution < 1.29 is 33.0 Å². The zero-order chi connectivity index (χ0) is 37.5. The summed E-state index contributed by atoms with van der Waals surface area (Å²) in [5.74, 6) is -0.752. The standard InChI is InChI=1S/C44H88NO6/c1-6-8-10-12-14-16-18-20-22-24-26-28-30-32-37-48-40-42(41-51-44(47)35-34-43(46)50-39-36-45(3,4)5)49-38-33-31-29-27-25-23-21-19-17-15-13-11-9-7-2/h42H,6-41H2,1-5H3/q+1. The molecule has 0 bridgehead atoms. The van der Waals surface area contributed by atoms with Gasteiger partial charge in [-0.05, 0) is 12.8 Å². The molecule has 51 heavy (non-hydrogen) atoms. The highest BCUT2D eigenvalue weighted by Crippen LogP contribution is 2.15. The minimum Gasteiger partial charge on any atom is -0.463 e. The summed E-state index contributed by atoms with van der Waals surface area (Å²) < 4.78 is 23.6. The van der Waals surface area contributed by atoms with Gasteiger partial charge in [-0.25, -0.2) is 0 Å². The number of nitrogens with zero attached hydrogens (tertiary/aromatic N) is 1. The highest BCUT2D eigenvalue weighted by atomic mass is 16.6. The molecule has 1 unspecified atom stereocenters. The number of carbonyl (C=O) groups is 2. The molecular weight excluding hydrogens is 638 g/mol. The predicted molar refractivity (Wildman–Crippen MR) is 215 cm³/mol. The van der Waals surface area contributed by atoms with Crippen LogP contribution >= 0.6 is 0 Å². The van der Waals surface area contributed by atoms with Crippen LogP contribution in [0.15, 0.2) is 0 Å². The van der Waals surface area contributed by atoms with Crippen molar-refractivity contribution in [1.82, 2.24) is 0 Å². The maximum Gasteiger partial charge on any atom is 0.306 e.